The van der Waals surface area contributed by atoms with Crippen molar-refractivity contribution in [1.82, 2.24) is 5.43 Å². The predicted molar refractivity (Wildman–Crippen MR) is 150 cm³/mol. The number of fused-ring (bicyclic) bond motifs is 1. The van der Waals surface area contributed by atoms with Crippen LogP contribution in [0.4, 0.5) is 10.5 Å². The normalized spacial score (nSPS) is 11.0. The molecule has 0 spiro atoms. The maximum absolute atomic E-state index is 12.2. The van der Waals surface area contributed by atoms with Gasteiger partial charge < -0.3 is 14.8 Å². The van der Waals surface area contributed by atoms with Gasteiger partial charge in [0.05, 0.1) is 17.8 Å². The van der Waals surface area contributed by atoms with E-state index in [0.717, 1.165) is 21.0 Å². The Kier molecular flexibility index (Phi) is 8.46. The standard InChI is InChI=1S/C28H25BrClN3O3/c1-3-35-26-15-20(16-31-33-28(34)32-23-10-11-24(29)18(2)12-23)14-25(30)27(26)36-17-19-8-9-21-6-4-5-7-22(21)13-19/h4-16H,3,17H2,1-2H3,(H2,32,33,34)/b31-16+. The van der Waals surface area contributed by atoms with Gasteiger partial charge in [-0.05, 0) is 77.7 Å². The largest absolute Gasteiger partial charge is 0.490 e. The fraction of sp³-hybridized carbons (Fsp3) is 0.143. The first-order chi connectivity index (χ1) is 17.4. The summed E-state index contributed by atoms with van der Waals surface area (Å²) >= 11 is 9.98. The molecule has 0 aromatic heterocycles. The van der Waals surface area contributed by atoms with E-state index in [0.29, 0.717) is 41.0 Å². The van der Waals surface area contributed by atoms with E-state index in [1.807, 2.05) is 44.2 Å². The number of benzene rings is 4. The zero-order chi connectivity index (χ0) is 25.5. The first kappa shape index (κ1) is 25.5. The quantitative estimate of drug-likeness (QED) is 0.170. The second-order valence-corrected chi connectivity index (χ2v) is 9.28. The van der Waals surface area contributed by atoms with Crippen LogP contribution >= 0.6 is 27.5 Å². The molecule has 8 heteroatoms. The molecule has 4 aromatic rings. The van der Waals surface area contributed by atoms with E-state index < -0.39 is 6.03 Å². The maximum atomic E-state index is 12.2. The molecule has 0 saturated heterocycles. The summed E-state index contributed by atoms with van der Waals surface area (Å²) in [5.41, 5.74) is 5.81. The highest BCUT2D eigenvalue weighted by molar-refractivity contribution is 9.10. The molecule has 0 aliphatic carbocycles. The molecular weight excluding hydrogens is 542 g/mol. The summed E-state index contributed by atoms with van der Waals surface area (Å²) in [6.07, 6.45) is 1.49. The van der Waals surface area contributed by atoms with Crippen LogP contribution in [0.5, 0.6) is 11.5 Å². The minimum atomic E-state index is -0.459. The van der Waals surface area contributed by atoms with E-state index in [-0.39, 0.29) is 0 Å². The number of rotatable bonds is 8. The average molecular weight is 567 g/mol. The number of ether oxygens (including phenoxy) is 2. The lowest BCUT2D eigenvalue weighted by molar-refractivity contribution is 0.252. The highest BCUT2D eigenvalue weighted by atomic mass is 79.9. The van der Waals surface area contributed by atoms with E-state index in [4.69, 9.17) is 21.1 Å². The van der Waals surface area contributed by atoms with Gasteiger partial charge in [0.25, 0.3) is 0 Å². The van der Waals surface area contributed by atoms with Gasteiger partial charge in [-0.3, -0.25) is 0 Å². The summed E-state index contributed by atoms with van der Waals surface area (Å²) < 4.78 is 12.8. The van der Waals surface area contributed by atoms with Crippen LogP contribution in [-0.4, -0.2) is 18.9 Å². The molecule has 6 nitrogen and oxygen atoms in total. The van der Waals surface area contributed by atoms with Crippen LogP contribution in [0.2, 0.25) is 5.02 Å². The highest BCUT2D eigenvalue weighted by Crippen LogP contribution is 2.37. The zero-order valence-electron chi connectivity index (χ0n) is 19.8. The van der Waals surface area contributed by atoms with Crippen molar-refractivity contribution in [2.24, 2.45) is 5.10 Å². The Labute approximate surface area is 223 Å². The number of urea groups is 1. The second kappa shape index (κ2) is 11.9. The van der Waals surface area contributed by atoms with Crippen LogP contribution in [0, 0.1) is 6.92 Å². The molecule has 0 saturated carbocycles. The molecule has 0 heterocycles. The average Bonchev–Trinajstić information content (AvgIpc) is 2.86. The number of nitrogens with one attached hydrogen (secondary N) is 2. The molecule has 4 rings (SSSR count). The Morgan fingerprint density at radius 1 is 1.03 bits per heavy atom. The lowest BCUT2D eigenvalue weighted by Crippen LogP contribution is -2.24. The smallest absolute Gasteiger partial charge is 0.339 e. The molecule has 0 aliphatic heterocycles. The monoisotopic (exact) mass is 565 g/mol. The van der Waals surface area contributed by atoms with E-state index in [1.165, 1.54) is 11.6 Å². The molecule has 4 aromatic carbocycles. The van der Waals surface area contributed by atoms with Crippen molar-refractivity contribution >= 4 is 56.2 Å². The number of anilines is 1. The minimum absolute atomic E-state index is 0.343. The number of amides is 2. The predicted octanol–water partition coefficient (Wildman–Crippen LogP) is 7.70. The number of hydrogen-bond donors (Lipinski definition) is 2. The molecule has 0 radical (unpaired) electrons. The van der Waals surface area contributed by atoms with Gasteiger partial charge in [-0.2, -0.15) is 5.10 Å². The van der Waals surface area contributed by atoms with Gasteiger partial charge in [0.15, 0.2) is 11.5 Å². The first-order valence-corrected chi connectivity index (χ1v) is 12.5. The fourth-order valence-electron chi connectivity index (χ4n) is 3.60. The zero-order valence-corrected chi connectivity index (χ0v) is 22.2. The summed E-state index contributed by atoms with van der Waals surface area (Å²) in [4.78, 5) is 12.2. The maximum Gasteiger partial charge on any atom is 0.339 e. The summed E-state index contributed by atoms with van der Waals surface area (Å²) in [5, 5.41) is 9.46. The number of hydrazone groups is 1. The van der Waals surface area contributed by atoms with Crippen LogP contribution in [0.15, 0.2) is 82.4 Å². The topological polar surface area (TPSA) is 72.0 Å². The lowest BCUT2D eigenvalue weighted by Gasteiger charge is -2.15. The van der Waals surface area contributed by atoms with Gasteiger partial charge in [0, 0.05) is 10.2 Å². The van der Waals surface area contributed by atoms with E-state index in [1.54, 1.807) is 18.2 Å². The molecule has 0 bridgehead atoms. The Bertz CT molecular complexity index is 1420. The molecule has 36 heavy (non-hydrogen) atoms. The van der Waals surface area contributed by atoms with Crippen molar-refractivity contribution in [3.63, 3.8) is 0 Å². The van der Waals surface area contributed by atoms with Crippen LogP contribution in [0.3, 0.4) is 0 Å². The lowest BCUT2D eigenvalue weighted by atomic mass is 10.1. The van der Waals surface area contributed by atoms with Gasteiger partial charge >= 0.3 is 6.03 Å². The molecular formula is C28H25BrClN3O3. The van der Waals surface area contributed by atoms with Gasteiger partial charge in [-0.25, -0.2) is 10.2 Å². The number of hydrogen-bond acceptors (Lipinski definition) is 4. The third kappa shape index (κ3) is 6.56. The SMILES string of the molecule is CCOc1cc(/C=N/NC(=O)Nc2ccc(Br)c(C)c2)cc(Cl)c1OCc1ccc2ccccc2c1. The summed E-state index contributed by atoms with van der Waals surface area (Å²) in [5.74, 6) is 0.960. The van der Waals surface area contributed by atoms with Crippen molar-refractivity contribution in [2.75, 3.05) is 11.9 Å². The van der Waals surface area contributed by atoms with Gasteiger partial charge in [-0.1, -0.05) is 63.9 Å². The van der Waals surface area contributed by atoms with Crippen LogP contribution < -0.4 is 20.2 Å². The van der Waals surface area contributed by atoms with Gasteiger partial charge in [0.2, 0.25) is 0 Å². The minimum Gasteiger partial charge on any atom is -0.490 e. The number of carbonyl (C=O) groups excluding carboxylic acids is 1. The first-order valence-electron chi connectivity index (χ1n) is 11.4. The number of aryl methyl sites for hydroxylation is 1. The Balaban J connectivity index is 1.42. The summed E-state index contributed by atoms with van der Waals surface area (Å²) in [7, 11) is 0. The Morgan fingerprint density at radius 3 is 2.61 bits per heavy atom. The molecule has 0 unspecified atom stereocenters. The number of carbonyl (C=O) groups is 1. The third-order valence-electron chi connectivity index (χ3n) is 5.32. The molecule has 2 amide bonds. The molecule has 0 atom stereocenters. The summed E-state index contributed by atoms with van der Waals surface area (Å²) in [6, 6.07) is 22.9. The molecule has 184 valence electrons. The summed E-state index contributed by atoms with van der Waals surface area (Å²) in [6.45, 7) is 4.61. The van der Waals surface area contributed by atoms with Crippen molar-refractivity contribution in [2.45, 2.75) is 20.5 Å². The van der Waals surface area contributed by atoms with Crippen molar-refractivity contribution in [3.05, 3.63) is 99.0 Å². The third-order valence-corrected chi connectivity index (χ3v) is 6.49. The van der Waals surface area contributed by atoms with Crippen LogP contribution in [0.25, 0.3) is 10.8 Å². The molecule has 2 N–H and O–H groups in total. The van der Waals surface area contributed by atoms with Crippen molar-refractivity contribution < 1.29 is 14.3 Å². The molecule has 0 fully saturated rings. The Hall–Kier alpha value is -3.55. The van der Waals surface area contributed by atoms with E-state index in [2.05, 4.69) is 56.0 Å². The van der Waals surface area contributed by atoms with Gasteiger partial charge in [-0.15, -0.1) is 0 Å². The van der Waals surface area contributed by atoms with E-state index in [9.17, 15) is 4.79 Å². The van der Waals surface area contributed by atoms with Crippen molar-refractivity contribution in [1.29, 1.82) is 0 Å². The number of nitrogens with zero attached hydrogens (tertiary/aromatic N) is 1. The van der Waals surface area contributed by atoms with Crippen molar-refractivity contribution in [3.8, 4) is 11.5 Å². The van der Waals surface area contributed by atoms with Crippen LogP contribution in [-0.2, 0) is 6.61 Å². The van der Waals surface area contributed by atoms with Gasteiger partial charge in [0.1, 0.15) is 6.61 Å². The second-order valence-electron chi connectivity index (χ2n) is 8.02. The molecule has 0 aliphatic rings. The Morgan fingerprint density at radius 2 is 1.83 bits per heavy atom. The van der Waals surface area contributed by atoms with Crippen LogP contribution in [0.1, 0.15) is 23.6 Å². The fourth-order valence-corrected chi connectivity index (χ4v) is 4.12. The highest BCUT2D eigenvalue weighted by Gasteiger charge is 2.13. The number of halogens is 2. The van der Waals surface area contributed by atoms with E-state index >= 15 is 0 Å².